The highest BCUT2D eigenvalue weighted by molar-refractivity contribution is 7.90. The van der Waals surface area contributed by atoms with E-state index in [-0.39, 0.29) is 10.7 Å². The van der Waals surface area contributed by atoms with Crippen LogP contribution in [0.15, 0.2) is 29.7 Å². The molecule has 0 amide bonds. The molecule has 0 fully saturated rings. The molecule has 8 heteroatoms. The maximum atomic E-state index is 11.3. The van der Waals surface area contributed by atoms with E-state index in [2.05, 4.69) is 15.1 Å². The summed E-state index contributed by atoms with van der Waals surface area (Å²) in [5.74, 6) is 0.462. The minimum Gasteiger partial charge on any atom is -0.382 e. The molecule has 7 nitrogen and oxygen atoms in total. The second kappa shape index (κ2) is 3.56. The highest BCUT2D eigenvalue weighted by Crippen LogP contribution is 2.19. The fraction of sp³-hybridized carbons (Fsp3) is 0.125. The van der Waals surface area contributed by atoms with Gasteiger partial charge in [-0.1, -0.05) is 0 Å². The molecule has 2 rings (SSSR count). The number of nitrogens with two attached hydrogens (primary N) is 1. The van der Waals surface area contributed by atoms with E-state index < -0.39 is 9.84 Å². The Morgan fingerprint density at radius 2 is 2.19 bits per heavy atom. The molecule has 0 spiro atoms. The van der Waals surface area contributed by atoms with Crippen LogP contribution in [0.1, 0.15) is 0 Å². The van der Waals surface area contributed by atoms with Gasteiger partial charge < -0.3 is 5.73 Å². The molecule has 2 aromatic rings. The lowest BCUT2D eigenvalue weighted by Gasteiger charge is -2.02. The first kappa shape index (κ1) is 10.6. The van der Waals surface area contributed by atoms with Crippen LogP contribution in [-0.4, -0.2) is 34.4 Å². The normalized spacial score (nSPS) is 11.6. The molecule has 0 saturated carbocycles. The third-order valence-corrected chi connectivity index (χ3v) is 3.07. The van der Waals surface area contributed by atoms with Crippen molar-refractivity contribution in [1.82, 2.24) is 19.7 Å². The number of aromatic nitrogens is 4. The van der Waals surface area contributed by atoms with Crippen molar-refractivity contribution in [1.29, 1.82) is 0 Å². The van der Waals surface area contributed by atoms with Gasteiger partial charge in [0.05, 0.1) is 6.20 Å². The summed E-state index contributed by atoms with van der Waals surface area (Å²) in [5, 5.41) is 3.87. The summed E-state index contributed by atoms with van der Waals surface area (Å²) in [6.07, 6.45) is 5.12. The van der Waals surface area contributed by atoms with E-state index in [0.717, 1.165) is 6.26 Å². The summed E-state index contributed by atoms with van der Waals surface area (Å²) >= 11 is 0. The van der Waals surface area contributed by atoms with Crippen LogP contribution in [0.25, 0.3) is 5.82 Å². The molecule has 2 aromatic heterocycles. The smallest absolute Gasteiger partial charge is 0.180 e. The SMILES string of the molecule is CS(=O)(=O)c1cnn(-c2ccncn2)c1N. The Balaban J connectivity index is 2.59. The summed E-state index contributed by atoms with van der Waals surface area (Å²) in [6, 6.07) is 1.58. The zero-order valence-electron chi connectivity index (χ0n) is 8.40. The van der Waals surface area contributed by atoms with Crippen LogP contribution < -0.4 is 5.73 Å². The Morgan fingerprint density at radius 3 is 2.69 bits per heavy atom. The first-order chi connectivity index (χ1) is 7.50. The van der Waals surface area contributed by atoms with Crippen molar-refractivity contribution < 1.29 is 8.42 Å². The molecular formula is C8H9N5O2S. The monoisotopic (exact) mass is 239 g/mol. The summed E-state index contributed by atoms with van der Waals surface area (Å²) in [4.78, 5) is 7.66. The number of sulfone groups is 1. The number of anilines is 1. The summed E-state index contributed by atoms with van der Waals surface area (Å²) in [5.41, 5.74) is 5.68. The van der Waals surface area contributed by atoms with E-state index in [1.807, 2.05) is 0 Å². The number of nitrogen functional groups attached to an aromatic ring is 1. The van der Waals surface area contributed by atoms with E-state index in [9.17, 15) is 8.42 Å². The van der Waals surface area contributed by atoms with Gasteiger partial charge in [0.2, 0.25) is 0 Å². The standard InChI is InChI=1S/C8H9N5O2S/c1-16(14,15)6-4-12-13(8(6)9)7-2-3-10-5-11-7/h2-5H,9H2,1H3. The Morgan fingerprint density at radius 1 is 1.44 bits per heavy atom. The Hall–Kier alpha value is -1.96. The van der Waals surface area contributed by atoms with Gasteiger partial charge in [0.1, 0.15) is 17.0 Å². The third-order valence-electron chi connectivity index (χ3n) is 1.95. The number of rotatable bonds is 2. The lowest BCUT2D eigenvalue weighted by molar-refractivity contribution is 0.602. The average molecular weight is 239 g/mol. The molecule has 0 aliphatic heterocycles. The molecule has 16 heavy (non-hydrogen) atoms. The zero-order chi connectivity index (χ0) is 11.8. The van der Waals surface area contributed by atoms with Crippen LogP contribution in [0.4, 0.5) is 5.82 Å². The van der Waals surface area contributed by atoms with Gasteiger partial charge in [-0.25, -0.2) is 18.4 Å². The van der Waals surface area contributed by atoms with Gasteiger partial charge >= 0.3 is 0 Å². The highest BCUT2D eigenvalue weighted by Gasteiger charge is 2.17. The van der Waals surface area contributed by atoms with Crippen molar-refractivity contribution in [2.24, 2.45) is 0 Å². The summed E-state index contributed by atoms with van der Waals surface area (Å²) in [7, 11) is -3.37. The Labute approximate surface area is 91.9 Å². The highest BCUT2D eigenvalue weighted by atomic mass is 32.2. The molecule has 0 aliphatic rings. The van der Waals surface area contributed by atoms with Gasteiger partial charge in [0, 0.05) is 18.5 Å². The third kappa shape index (κ3) is 1.74. The molecule has 0 radical (unpaired) electrons. The number of hydrogen-bond donors (Lipinski definition) is 1. The molecule has 0 aliphatic carbocycles. The van der Waals surface area contributed by atoms with Gasteiger partial charge in [-0.3, -0.25) is 0 Å². The first-order valence-corrected chi connectivity index (χ1v) is 6.19. The summed E-state index contributed by atoms with van der Waals surface area (Å²) < 4.78 is 23.9. The Kier molecular flexibility index (Phi) is 2.35. The summed E-state index contributed by atoms with van der Waals surface area (Å²) in [6.45, 7) is 0. The molecule has 2 N–H and O–H groups in total. The maximum Gasteiger partial charge on any atom is 0.180 e. The van der Waals surface area contributed by atoms with Crippen molar-refractivity contribution in [2.75, 3.05) is 12.0 Å². The number of nitrogens with zero attached hydrogens (tertiary/aromatic N) is 4. The topological polar surface area (TPSA) is 104 Å². The van der Waals surface area contributed by atoms with Gasteiger partial charge in [-0.05, 0) is 0 Å². The van der Waals surface area contributed by atoms with Crippen molar-refractivity contribution >= 4 is 15.7 Å². The van der Waals surface area contributed by atoms with Gasteiger partial charge in [-0.15, -0.1) is 0 Å². The van der Waals surface area contributed by atoms with Crippen LogP contribution in [-0.2, 0) is 9.84 Å². The molecule has 0 aromatic carbocycles. The minimum absolute atomic E-state index is 0.00823. The van der Waals surface area contributed by atoms with E-state index in [0.29, 0.717) is 5.82 Å². The minimum atomic E-state index is -3.37. The van der Waals surface area contributed by atoms with Crippen LogP contribution in [0, 0.1) is 0 Å². The van der Waals surface area contributed by atoms with E-state index >= 15 is 0 Å². The molecule has 0 bridgehead atoms. The zero-order valence-corrected chi connectivity index (χ0v) is 9.22. The second-order valence-corrected chi connectivity index (χ2v) is 5.13. The quantitative estimate of drug-likeness (QED) is 0.768. The van der Waals surface area contributed by atoms with Gasteiger partial charge in [0.25, 0.3) is 0 Å². The molecule has 84 valence electrons. The van der Waals surface area contributed by atoms with Crippen LogP contribution in [0.5, 0.6) is 0 Å². The van der Waals surface area contributed by atoms with Crippen molar-refractivity contribution in [2.45, 2.75) is 4.90 Å². The van der Waals surface area contributed by atoms with Crippen LogP contribution in [0.3, 0.4) is 0 Å². The van der Waals surface area contributed by atoms with E-state index in [1.165, 1.54) is 23.4 Å². The van der Waals surface area contributed by atoms with Gasteiger partial charge in [-0.2, -0.15) is 9.78 Å². The van der Waals surface area contributed by atoms with Crippen molar-refractivity contribution in [3.63, 3.8) is 0 Å². The fourth-order valence-corrected chi connectivity index (χ4v) is 1.93. The average Bonchev–Trinajstić information content (AvgIpc) is 2.61. The lowest BCUT2D eigenvalue weighted by atomic mass is 10.5. The second-order valence-electron chi connectivity index (χ2n) is 3.15. The molecular weight excluding hydrogens is 230 g/mol. The van der Waals surface area contributed by atoms with Crippen LogP contribution in [0.2, 0.25) is 0 Å². The van der Waals surface area contributed by atoms with Crippen LogP contribution >= 0.6 is 0 Å². The molecule has 0 atom stereocenters. The van der Waals surface area contributed by atoms with E-state index in [1.54, 1.807) is 6.07 Å². The lowest BCUT2D eigenvalue weighted by Crippen LogP contribution is -2.06. The molecule has 0 saturated heterocycles. The number of hydrogen-bond acceptors (Lipinski definition) is 6. The molecule has 0 unspecified atom stereocenters. The first-order valence-electron chi connectivity index (χ1n) is 4.30. The van der Waals surface area contributed by atoms with E-state index in [4.69, 9.17) is 5.73 Å². The largest absolute Gasteiger partial charge is 0.382 e. The maximum absolute atomic E-state index is 11.3. The van der Waals surface area contributed by atoms with Crippen molar-refractivity contribution in [3.8, 4) is 5.82 Å². The fourth-order valence-electron chi connectivity index (χ4n) is 1.22. The predicted molar refractivity (Wildman–Crippen MR) is 56.7 cm³/mol. The molecule has 2 heterocycles. The predicted octanol–water partition coefficient (Wildman–Crippen LogP) is -0.352. The van der Waals surface area contributed by atoms with Gasteiger partial charge in [0.15, 0.2) is 15.7 Å². The Bertz CT molecular complexity index is 605. The van der Waals surface area contributed by atoms with Crippen molar-refractivity contribution in [3.05, 3.63) is 24.8 Å².